The number of aryl methyl sites for hydroxylation is 1. The van der Waals surface area contributed by atoms with Crippen molar-refractivity contribution in [2.75, 3.05) is 26.5 Å². The summed E-state index contributed by atoms with van der Waals surface area (Å²) in [5.41, 5.74) is 2.39. The molecule has 0 radical (unpaired) electrons. The van der Waals surface area contributed by atoms with E-state index >= 15 is 0 Å². The number of guanidine groups is 1. The predicted octanol–water partition coefficient (Wildman–Crippen LogP) is 3.41. The molecule has 0 aliphatic heterocycles. The van der Waals surface area contributed by atoms with Crippen LogP contribution in [0.15, 0.2) is 23.2 Å². The predicted molar refractivity (Wildman–Crippen MR) is 126 cm³/mol. The molecule has 0 saturated heterocycles. The number of hydrogen-bond donors (Lipinski definition) is 2. The zero-order valence-electron chi connectivity index (χ0n) is 16.9. The maximum atomic E-state index is 12.1. The van der Waals surface area contributed by atoms with Gasteiger partial charge in [-0.15, -0.1) is 24.0 Å². The van der Waals surface area contributed by atoms with Gasteiger partial charge in [0.2, 0.25) is 0 Å². The smallest absolute Gasteiger partial charge is 0.191 e. The number of nitrogens with one attached hydrogen (secondary N) is 2. The average molecular weight is 507 g/mol. The van der Waals surface area contributed by atoms with E-state index in [9.17, 15) is 4.21 Å². The number of halogens is 1. The Morgan fingerprint density at radius 2 is 2.15 bits per heavy atom. The van der Waals surface area contributed by atoms with Crippen LogP contribution in [0.4, 0.5) is 0 Å². The molecule has 1 aliphatic rings. The Hall–Kier alpha value is -0.830. The largest absolute Gasteiger partial charge is 0.496 e. The van der Waals surface area contributed by atoms with Gasteiger partial charge in [0.15, 0.2) is 5.96 Å². The Kier molecular flexibility index (Phi) is 11.3. The summed E-state index contributed by atoms with van der Waals surface area (Å²) in [6.07, 6.45) is 5.21. The number of ether oxygens (including phenoxy) is 1. The molecule has 3 unspecified atom stereocenters. The lowest BCUT2D eigenvalue weighted by Gasteiger charge is -2.30. The van der Waals surface area contributed by atoms with Crippen LogP contribution in [0.5, 0.6) is 5.75 Å². The van der Waals surface area contributed by atoms with Gasteiger partial charge in [0.05, 0.1) is 7.11 Å². The van der Waals surface area contributed by atoms with Crippen molar-refractivity contribution in [1.29, 1.82) is 0 Å². The minimum Gasteiger partial charge on any atom is -0.496 e. The fourth-order valence-corrected chi connectivity index (χ4v) is 4.83. The molecule has 1 aliphatic carbocycles. The zero-order valence-corrected chi connectivity index (χ0v) is 20.1. The van der Waals surface area contributed by atoms with Gasteiger partial charge < -0.3 is 15.4 Å². The van der Waals surface area contributed by atoms with Gasteiger partial charge in [0, 0.05) is 41.4 Å². The van der Waals surface area contributed by atoms with Gasteiger partial charge in [-0.05, 0) is 49.8 Å². The first kappa shape index (κ1) is 24.2. The summed E-state index contributed by atoms with van der Waals surface area (Å²) in [5.74, 6) is 2.52. The number of nitrogens with zero attached hydrogens (tertiary/aromatic N) is 1. The molecule has 7 heteroatoms. The molecule has 0 heterocycles. The molecule has 1 aromatic rings. The maximum Gasteiger partial charge on any atom is 0.191 e. The van der Waals surface area contributed by atoms with E-state index in [1.165, 1.54) is 5.56 Å². The summed E-state index contributed by atoms with van der Waals surface area (Å²) >= 11 is 0. The second-order valence-electron chi connectivity index (χ2n) is 6.85. The molecule has 5 nitrogen and oxygen atoms in total. The number of benzene rings is 1. The summed E-state index contributed by atoms with van der Waals surface area (Å²) < 4.78 is 17.5. The van der Waals surface area contributed by atoms with Crippen molar-refractivity contribution < 1.29 is 8.95 Å². The van der Waals surface area contributed by atoms with Crippen LogP contribution >= 0.6 is 24.0 Å². The SMILES string of the molecule is CCS(=O)C1CCCC(NC(=NC)NCCc2ccc(C)c(OC)c2)C1.I. The third kappa shape index (κ3) is 7.60. The van der Waals surface area contributed by atoms with Crippen molar-refractivity contribution in [2.45, 2.75) is 57.2 Å². The van der Waals surface area contributed by atoms with E-state index in [-0.39, 0.29) is 24.0 Å². The van der Waals surface area contributed by atoms with E-state index in [1.807, 2.05) is 6.92 Å². The number of methoxy groups -OCH3 is 1. The van der Waals surface area contributed by atoms with E-state index in [0.717, 1.165) is 61.7 Å². The molecule has 1 fully saturated rings. The molecular weight excluding hydrogens is 473 g/mol. The van der Waals surface area contributed by atoms with Crippen molar-refractivity contribution >= 4 is 40.7 Å². The third-order valence-corrected chi connectivity index (χ3v) is 6.77. The molecule has 3 atom stereocenters. The van der Waals surface area contributed by atoms with Crippen LogP contribution in [0.25, 0.3) is 0 Å². The van der Waals surface area contributed by atoms with E-state index in [0.29, 0.717) is 11.3 Å². The molecule has 0 bridgehead atoms. The van der Waals surface area contributed by atoms with Crippen LogP contribution in [-0.2, 0) is 17.2 Å². The van der Waals surface area contributed by atoms with Crippen molar-refractivity contribution in [3.8, 4) is 5.75 Å². The van der Waals surface area contributed by atoms with Crippen LogP contribution in [0.2, 0.25) is 0 Å². The van der Waals surface area contributed by atoms with Crippen LogP contribution in [0.1, 0.15) is 43.7 Å². The van der Waals surface area contributed by atoms with Crippen molar-refractivity contribution in [3.63, 3.8) is 0 Å². The Balaban J connectivity index is 0.00000364. The lowest BCUT2D eigenvalue weighted by atomic mass is 9.95. The average Bonchev–Trinajstić information content (AvgIpc) is 2.67. The minimum atomic E-state index is -0.699. The van der Waals surface area contributed by atoms with Gasteiger partial charge in [-0.1, -0.05) is 25.5 Å². The highest BCUT2D eigenvalue weighted by molar-refractivity contribution is 14.0. The summed E-state index contributed by atoms with van der Waals surface area (Å²) in [6, 6.07) is 6.69. The summed E-state index contributed by atoms with van der Waals surface area (Å²) in [6.45, 7) is 4.87. The van der Waals surface area contributed by atoms with Crippen LogP contribution in [0, 0.1) is 6.92 Å². The third-order valence-electron chi connectivity index (χ3n) is 5.03. The standard InChI is InChI=1S/C20H33N3O2S.HI/c1-5-26(24)18-8-6-7-17(14-18)23-20(21-3)22-12-11-16-10-9-15(2)19(13-16)25-4;/h9-10,13,17-18H,5-8,11-12,14H2,1-4H3,(H2,21,22,23);1H. The molecular formula is C20H34IN3O2S. The normalized spacial score (nSPS) is 21.1. The second-order valence-corrected chi connectivity index (χ2v) is 8.86. The van der Waals surface area contributed by atoms with Gasteiger partial charge >= 0.3 is 0 Å². The second kappa shape index (κ2) is 12.6. The van der Waals surface area contributed by atoms with Gasteiger partial charge in [0.1, 0.15) is 5.75 Å². The molecule has 0 aromatic heterocycles. The summed E-state index contributed by atoms with van der Waals surface area (Å²) in [7, 11) is 2.81. The number of aliphatic imine (C=N–C) groups is 1. The highest BCUT2D eigenvalue weighted by atomic mass is 127. The van der Waals surface area contributed by atoms with Crippen LogP contribution in [-0.4, -0.2) is 47.9 Å². The zero-order chi connectivity index (χ0) is 18.9. The number of rotatable bonds is 7. The first-order valence-corrected chi connectivity index (χ1v) is 10.9. The highest BCUT2D eigenvalue weighted by Crippen LogP contribution is 2.23. The fourth-order valence-electron chi connectivity index (χ4n) is 3.48. The van der Waals surface area contributed by atoms with Gasteiger partial charge in [0.25, 0.3) is 0 Å². The Morgan fingerprint density at radius 1 is 1.37 bits per heavy atom. The van der Waals surface area contributed by atoms with Crippen LogP contribution < -0.4 is 15.4 Å². The molecule has 0 amide bonds. The lowest BCUT2D eigenvalue weighted by Crippen LogP contribution is -2.47. The fraction of sp³-hybridized carbons (Fsp3) is 0.650. The van der Waals surface area contributed by atoms with Crippen molar-refractivity contribution in [3.05, 3.63) is 29.3 Å². The summed E-state index contributed by atoms with van der Waals surface area (Å²) in [5, 5.41) is 7.23. The maximum absolute atomic E-state index is 12.1. The van der Waals surface area contributed by atoms with Gasteiger partial charge in [-0.3, -0.25) is 9.20 Å². The molecule has 1 aromatic carbocycles. The Morgan fingerprint density at radius 3 is 2.81 bits per heavy atom. The molecule has 2 N–H and O–H groups in total. The molecule has 0 spiro atoms. The van der Waals surface area contributed by atoms with Gasteiger partial charge in [-0.25, -0.2) is 0 Å². The molecule has 27 heavy (non-hydrogen) atoms. The first-order valence-electron chi connectivity index (χ1n) is 9.55. The van der Waals surface area contributed by atoms with E-state index in [4.69, 9.17) is 4.74 Å². The Bertz CT molecular complexity index is 640. The van der Waals surface area contributed by atoms with Crippen LogP contribution in [0.3, 0.4) is 0 Å². The van der Waals surface area contributed by atoms with E-state index < -0.39 is 10.8 Å². The van der Waals surface area contributed by atoms with Crippen molar-refractivity contribution in [1.82, 2.24) is 10.6 Å². The lowest BCUT2D eigenvalue weighted by molar-refractivity contribution is 0.411. The van der Waals surface area contributed by atoms with E-state index in [2.05, 4.69) is 40.7 Å². The Labute approximate surface area is 183 Å². The first-order chi connectivity index (χ1) is 12.6. The minimum absolute atomic E-state index is 0. The molecule has 154 valence electrons. The number of hydrogen-bond acceptors (Lipinski definition) is 3. The topological polar surface area (TPSA) is 62.7 Å². The van der Waals surface area contributed by atoms with Gasteiger partial charge in [-0.2, -0.15) is 0 Å². The van der Waals surface area contributed by atoms with Crippen molar-refractivity contribution in [2.24, 2.45) is 4.99 Å². The van der Waals surface area contributed by atoms with E-state index in [1.54, 1.807) is 14.2 Å². The molecule has 1 saturated carbocycles. The molecule has 2 rings (SSSR count). The highest BCUT2D eigenvalue weighted by Gasteiger charge is 2.25. The monoisotopic (exact) mass is 507 g/mol. The quantitative estimate of drug-likeness (QED) is 0.338. The summed E-state index contributed by atoms with van der Waals surface area (Å²) in [4.78, 5) is 4.35.